The van der Waals surface area contributed by atoms with Gasteiger partial charge in [-0.1, -0.05) is 0 Å². The van der Waals surface area contributed by atoms with Crippen molar-refractivity contribution in [1.82, 2.24) is 14.8 Å². The van der Waals surface area contributed by atoms with E-state index in [9.17, 15) is 4.39 Å². The van der Waals surface area contributed by atoms with Crippen molar-refractivity contribution < 1.29 is 9.13 Å². The lowest BCUT2D eigenvalue weighted by molar-refractivity contribution is 0.134. The fourth-order valence-corrected chi connectivity index (χ4v) is 2.35. The molecule has 2 aromatic heterocycles. The number of hydrogen-bond acceptors (Lipinski definition) is 2. The molecule has 2 heterocycles. The van der Waals surface area contributed by atoms with Crippen molar-refractivity contribution in [1.29, 1.82) is 0 Å². The topological polar surface area (TPSA) is 42.8 Å². The van der Waals surface area contributed by atoms with Crippen LogP contribution in [-0.4, -0.2) is 21.4 Å². The first-order valence-electron chi connectivity index (χ1n) is 7.25. The molecule has 0 saturated heterocycles. The van der Waals surface area contributed by atoms with Crippen LogP contribution < -0.4 is 0 Å². The highest BCUT2D eigenvalue weighted by Crippen LogP contribution is 2.24. The van der Waals surface area contributed by atoms with Gasteiger partial charge in [-0.3, -0.25) is 0 Å². The Bertz CT molecular complexity index is 762. The van der Waals surface area contributed by atoms with Gasteiger partial charge in [-0.05, 0) is 43.7 Å². The number of hydrogen-bond donors (Lipinski definition) is 1. The first-order valence-corrected chi connectivity index (χ1v) is 7.25. The van der Waals surface area contributed by atoms with E-state index in [1.54, 1.807) is 23.7 Å². The summed E-state index contributed by atoms with van der Waals surface area (Å²) < 4.78 is 20.7. The van der Waals surface area contributed by atoms with Gasteiger partial charge in [-0.25, -0.2) is 9.07 Å². The molecule has 3 aromatic rings. The largest absolute Gasteiger partial charge is 0.377 e. The molecule has 4 nitrogen and oxygen atoms in total. The molecule has 0 aliphatic carbocycles. The standard InChI is InChI=1S/C17H18FN3O/c1-3-22-11-14-10-21(15-4-5-16(18)12(2)8-15)20-17(14)13-6-7-19-9-13/h4-10,19H,3,11H2,1-2H3. The third kappa shape index (κ3) is 2.80. The van der Waals surface area contributed by atoms with Gasteiger partial charge in [0, 0.05) is 36.3 Å². The SMILES string of the molecule is CCOCc1cn(-c2ccc(F)c(C)c2)nc1-c1cc[nH]c1. The van der Waals surface area contributed by atoms with Crippen LogP contribution >= 0.6 is 0 Å². The van der Waals surface area contributed by atoms with E-state index in [0.29, 0.717) is 18.8 Å². The minimum Gasteiger partial charge on any atom is -0.377 e. The van der Waals surface area contributed by atoms with Crippen LogP contribution in [-0.2, 0) is 11.3 Å². The average molecular weight is 299 g/mol. The fourth-order valence-electron chi connectivity index (χ4n) is 2.35. The number of nitrogens with one attached hydrogen (secondary N) is 1. The predicted molar refractivity (Wildman–Crippen MR) is 83.4 cm³/mol. The van der Waals surface area contributed by atoms with E-state index in [4.69, 9.17) is 4.74 Å². The van der Waals surface area contributed by atoms with Crippen LogP contribution in [0.5, 0.6) is 0 Å². The number of nitrogens with zero attached hydrogens (tertiary/aromatic N) is 2. The first-order chi connectivity index (χ1) is 10.7. The number of halogens is 1. The lowest BCUT2D eigenvalue weighted by Crippen LogP contribution is -1.96. The summed E-state index contributed by atoms with van der Waals surface area (Å²) in [6.45, 7) is 4.85. The highest BCUT2D eigenvalue weighted by atomic mass is 19.1. The van der Waals surface area contributed by atoms with Gasteiger partial charge < -0.3 is 9.72 Å². The molecule has 0 atom stereocenters. The molecule has 0 aliphatic rings. The highest BCUT2D eigenvalue weighted by Gasteiger charge is 2.13. The van der Waals surface area contributed by atoms with Gasteiger partial charge in [0.1, 0.15) is 5.82 Å². The van der Waals surface area contributed by atoms with Crippen molar-refractivity contribution in [2.75, 3.05) is 6.61 Å². The van der Waals surface area contributed by atoms with E-state index in [2.05, 4.69) is 10.1 Å². The Morgan fingerprint density at radius 1 is 1.32 bits per heavy atom. The Morgan fingerprint density at radius 3 is 2.86 bits per heavy atom. The Morgan fingerprint density at radius 2 is 2.18 bits per heavy atom. The summed E-state index contributed by atoms with van der Waals surface area (Å²) in [6, 6.07) is 6.94. The van der Waals surface area contributed by atoms with E-state index in [1.165, 1.54) is 6.07 Å². The summed E-state index contributed by atoms with van der Waals surface area (Å²) in [6.07, 6.45) is 5.70. The summed E-state index contributed by atoms with van der Waals surface area (Å²) in [4.78, 5) is 3.04. The normalized spacial score (nSPS) is 11.0. The van der Waals surface area contributed by atoms with Gasteiger partial charge in [0.25, 0.3) is 0 Å². The van der Waals surface area contributed by atoms with Gasteiger partial charge in [0.05, 0.1) is 18.0 Å². The van der Waals surface area contributed by atoms with Crippen LogP contribution in [0, 0.1) is 12.7 Å². The summed E-state index contributed by atoms with van der Waals surface area (Å²) in [5.74, 6) is -0.212. The molecule has 3 rings (SSSR count). The Balaban J connectivity index is 2.03. The van der Waals surface area contributed by atoms with Gasteiger partial charge >= 0.3 is 0 Å². The van der Waals surface area contributed by atoms with Crippen LogP contribution in [0.2, 0.25) is 0 Å². The number of aryl methyl sites for hydroxylation is 1. The molecule has 22 heavy (non-hydrogen) atoms. The lowest BCUT2D eigenvalue weighted by Gasteiger charge is -2.03. The Hall–Kier alpha value is -2.40. The van der Waals surface area contributed by atoms with Crippen LogP contribution in [0.1, 0.15) is 18.1 Å². The Labute approximate surface area is 128 Å². The lowest BCUT2D eigenvalue weighted by atomic mass is 10.1. The van der Waals surface area contributed by atoms with Crippen LogP contribution in [0.4, 0.5) is 4.39 Å². The maximum atomic E-state index is 13.4. The van der Waals surface area contributed by atoms with E-state index in [1.807, 2.05) is 31.6 Å². The zero-order valence-electron chi connectivity index (χ0n) is 12.6. The second kappa shape index (κ2) is 6.15. The third-order valence-corrected chi connectivity index (χ3v) is 3.53. The summed E-state index contributed by atoms with van der Waals surface area (Å²) in [7, 11) is 0. The molecule has 0 saturated carbocycles. The fraction of sp³-hybridized carbons (Fsp3) is 0.235. The number of ether oxygens (including phenoxy) is 1. The van der Waals surface area contributed by atoms with Gasteiger partial charge in [-0.2, -0.15) is 5.10 Å². The molecule has 0 bridgehead atoms. The highest BCUT2D eigenvalue weighted by molar-refractivity contribution is 5.62. The molecule has 0 amide bonds. The van der Waals surface area contributed by atoms with Crippen LogP contribution in [0.15, 0.2) is 42.9 Å². The van der Waals surface area contributed by atoms with Crippen LogP contribution in [0.3, 0.4) is 0 Å². The monoisotopic (exact) mass is 299 g/mol. The molecule has 5 heteroatoms. The van der Waals surface area contributed by atoms with E-state index in [-0.39, 0.29) is 5.82 Å². The summed E-state index contributed by atoms with van der Waals surface area (Å²) in [5.41, 5.74) is 4.31. The predicted octanol–water partition coefficient (Wildman–Crippen LogP) is 3.85. The van der Waals surface area contributed by atoms with Crippen molar-refractivity contribution in [2.24, 2.45) is 0 Å². The first kappa shape index (κ1) is 14.5. The number of rotatable bonds is 5. The molecular formula is C17H18FN3O. The van der Waals surface area contributed by atoms with Gasteiger partial charge in [0.15, 0.2) is 0 Å². The molecule has 0 aliphatic heterocycles. The smallest absolute Gasteiger partial charge is 0.126 e. The van der Waals surface area contributed by atoms with Crippen molar-refractivity contribution in [3.8, 4) is 16.9 Å². The maximum Gasteiger partial charge on any atom is 0.126 e. The zero-order valence-corrected chi connectivity index (χ0v) is 12.6. The molecule has 1 aromatic carbocycles. The van der Waals surface area contributed by atoms with Crippen molar-refractivity contribution in [3.05, 3.63) is 59.8 Å². The van der Waals surface area contributed by atoms with E-state index >= 15 is 0 Å². The van der Waals surface area contributed by atoms with Gasteiger partial charge in [-0.15, -0.1) is 0 Å². The van der Waals surface area contributed by atoms with Crippen molar-refractivity contribution in [2.45, 2.75) is 20.5 Å². The average Bonchev–Trinajstić information content (AvgIpc) is 3.16. The zero-order chi connectivity index (χ0) is 15.5. The van der Waals surface area contributed by atoms with E-state index in [0.717, 1.165) is 22.5 Å². The van der Waals surface area contributed by atoms with Crippen molar-refractivity contribution >= 4 is 0 Å². The van der Waals surface area contributed by atoms with E-state index < -0.39 is 0 Å². The quantitative estimate of drug-likeness (QED) is 0.777. The molecule has 1 N–H and O–H groups in total. The molecule has 114 valence electrons. The molecule has 0 fully saturated rings. The van der Waals surface area contributed by atoms with Crippen LogP contribution in [0.25, 0.3) is 16.9 Å². The third-order valence-electron chi connectivity index (χ3n) is 3.53. The second-order valence-electron chi connectivity index (χ2n) is 5.12. The van der Waals surface area contributed by atoms with Crippen molar-refractivity contribution in [3.63, 3.8) is 0 Å². The number of H-pyrrole nitrogens is 1. The number of benzene rings is 1. The molecule has 0 unspecified atom stereocenters. The second-order valence-corrected chi connectivity index (χ2v) is 5.12. The number of aromatic nitrogens is 3. The Kier molecular flexibility index (Phi) is 4.06. The maximum absolute atomic E-state index is 13.4. The number of aromatic amines is 1. The minimum absolute atomic E-state index is 0.212. The summed E-state index contributed by atoms with van der Waals surface area (Å²) in [5, 5.41) is 4.64. The van der Waals surface area contributed by atoms with Gasteiger partial charge in [0.2, 0.25) is 0 Å². The minimum atomic E-state index is -0.212. The molecule has 0 spiro atoms. The molecule has 0 radical (unpaired) electrons. The summed E-state index contributed by atoms with van der Waals surface area (Å²) >= 11 is 0. The molecular weight excluding hydrogens is 281 g/mol.